The maximum absolute atomic E-state index is 6.47. The van der Waals surface area contributed by atoms with E-state index in [1.165, 1.54) is 0 Å². The number of ether oxygens (including phenoxy) is 2. The number of aryl methyl sites for hydroxylation is 1. The van der Waals surface area contributed by atoms with Crippen molar-refractivity contribution in [2.45, 2.75) is 19.2 Å². The lowest BCUT2D eigenvalue weighted by Gasteiger charge is -2.11. The van der Waals surface area contributed by atoms with Crippen LogP contribution >= 0.6 is 11.6 Å². The first-order valence-electron chi connectivity index (χ1n) is 7.41. The van der Waals surface area contributed by atoms with Crippen LogP contribution < -0.4 is 9.47 Å². The first kappa shape index (κ1) is 15.7. The number of nitrogens with zero attached hydrogens (tertiary/aromatic N) is 2. The minimum Gasteiger partial charge on any atom is -0.493 e. The number of halogens is 1. The van der Waals surface area contributed by atoms with Gasteiger partial charge >= 0.3 is 0 Å². The Kier molecular flexibility index (Phi) is 4.18. The number of alkyl halides is 1. The summed E-state index contributed by atoms with van der Waals surface area (Å²) in [7, 11) is 3.25. The van der Waals surface area contributed by atoms with Gasteiger partial charge in [-0.25, -0.2) is 4.98 Å². The molecular weight excluding hydrogens is 312 g/mol. The molecule has 0 amide bonds. The summed E-state index contributed by atoms with van der Waals surface area (Å²) in [5, 5.41) is -0.172. The van der Waals surface area contributed by atoms with Crippen molar-refractivity contribution in [1.29, 1.82) is 0 Å². The third-order valence-corrected chi connectivity index (χ3v) is 4.11. The maximum atomic E-state index is 6.47. The molecule has 0 saturated carbocycles. The van der Waals surface area contributed by atoms with Gasteiger partial charge in [-0.2, -0.15) is 0 Å². The molecule has 0 spiro atoms. The van der Waals surface area contributed by atoms with Gasteiger partial charge in [-0.1, -0.05) is 6.07 Å². The van der Waals surface area contributed by atoms with Gasteiger partial charge in [-0.3, -0.25) is 4.40 Å². The number of pyridine rings is 1. The Morgan fingerprint density at radius 1 is 1.09 bits per heavy atom. The smallest absolute Gasteiger partial charge is 0.161 e. The maximum Gasteiger partial charge on any atom is 0.161 e. The van der Waals surface area contributed by atoms with Crippen LogP contribution in [0.5, 0.6) is 11.5 Å². The SMILES string of the molecule is COc1ccc(-c2nc3cccc(C)n3c2C(C)Cl)cc1OC. The van der Waals surface area contributed by atoms with E-state index in [9.17, 15) is 0 Å². The fourth-order valence-corrected chi connectivity index (χ4v) is 3.04. The molecular formula is C18H19ClN2O2. The summed E-state index contributed by atoms with van der Waals surface area (Å²) in [6.45, 7) is 4.01. The number of aromatic nitrogens is 2. The van der Waals surface area contributed by atoms with Gasteiger partial charge in [0.15, 0.2) is 11.5 Å². The highest BCUT2D eigenvalue weighted by molar-refractivity contribution is 6.20. The molecule has 0 N–H and O–H groups in total. The van der Waals surface area contributed by atoms with E-state index in [1.807, 2.05) is 37.3 Å². The molecule has 0 bridgehead atoms. The summed E-state index contributed by atoms with van der Waals surface area (Å²) in [6, 6.07) is 11.8. The zero-order chi connectivity index (χ0) is 16.6. The van der Waals surface area contributed by atoms with E-state index in [0.29, 0.717) is 11.5 Å². The average molecular weight is 331 g/mol. The predicted molar refractivity (Wildman–Crippen MR) is 92.7 cm³/mol. The summed E-state index contributed by atoms with van der Waals surface area (Å²) >= 11 is 6.47. The largest absolute Gasteiger partial charge is 0.493 e. The number of benzene rings is 1. The van der Waals surface area contributed by atoms with E-state index in [4.69, 9.17) is 26.1 Å². The summed E-state index contributed by atoms with van der Waals surface area (Å²) < 4.78 is 12.8. The predicted octanol–water partition coefficient (Wildman–Crippen LogP) is 4.63. The molecule has 1 unspecified atom stereocenters. The monoisotopic (exact) mass is 330 g/mol. The van der Waals surface area contributed by atoms with Crippen LogP contribution in [0.4, 0.5) is 0 Å². The molecule has 0 aliphatic heterocycles. The normalized spacial score (nSPS) is 12.4. The zero-order valence-corrected chi connectivity index (χ0v) is 14.4. The van der Waals surface area contributed by atoms with Crippen molar-refractivity contribution in [2.24, 2.45) is 0 Å². The Labute approximate surface area is 140 Å². The van der Waals surface area contributed by atoms with Crippen LogP contribution in [-0.2, 0) is 0 Å². The second kappa shape index (κ2) is 6.13. The molecule has 5 heteroatoms. The van der Waals surface area contributed by atoms with Crippen molar-refractivity contribution in [3.05, 3.63) is 47.8 Å². The number of fused-ring (bicyclic) bond motifs is 1. The quantitative estimate of drug-likeness (QED) is 0.654. The fraction of sp³-hybridized carbons (Fsp3) is 0.278. The Morgan fingerprint density at radius 3 is 2.48 bits per heavy atom. The van der Waals surface area contributed by atoms with Gasteiger partial charge in [0.1, 0.15) is 5.65 Å². The number of hydrogen-bond acceptors (Lipinski definition) is 3. The molecule has 3 aromatic rings. The van der Waals surface area contributed by atoms with E-state index in [1.54, 1.807) is 14.2 Å². The molecule has 4 nitrogen and oxygen atoms in total. The lowest BCUT2D eigenvalue weighted by Crippen LogP contribution is -1.99. The molecule has 3 rings (SSSR count). The molecule has 0 fully saturated rings. The van der Waals surface area contributed by atoms with E-state index >= 15 is 0 Å². The highest BCUT2D eigenvalue weighted by Gasteiger charge is 2.20. The molecule has 0 aliphatic carbocycles. The van der Waals surface area contributed by atoms with Crippen LogP contribution in [0.25, 0.3) is 16.9 Å². The third-order valence-electron chi connectivity index (χ3n) is 3.91. The van der Waals surface area contributed by atoms with E-state index in [0.717, 1.165) is 28.3 Å². The van der Waals surface area contributed by atoms with Gasteiger partial charge in [0.2, 0.25) is 0 Å². The van der Waals surface area contributed by atoms with Crippen molar-refractivity contribution in [2.75, 3.05) is 14.2 Å². The van der Waals surface area contributed by atoms with Gasteiger partial charge in [0, 0.05) is 11.3 Å². The summed E-state index contributed by atoms with van der Waals surface area (Å²) in [4.78, 5) is 4.78. The van der Waals surface area contributed by atoms with Crippen LogP contribution in [0.2, 0.25) is 0 Å². The van der Waals surface area contributed by atoms with Crippen molar-refractivity contribution in [3.8, 4) is 22.8 Å². The minimum absolute atomic E-state index is 0.172. The number of imidazole rings is 1. The summed E-state index contributed by atoms with van der Waals surface area (Å²) in [5.41, 5.74) is 4.78. The zero-order valence-electron chi connectivity index (χ0n) is 13.6. The van der Waals surface area contributed by atoms with Crippen LogP contribution in [0.1, 0.15) is 23.7 Å². The fourth-order valence-electron chi connectivity index (χ4n) is 2.84. The highest BCUT2D eigenvalue weighted by Crippen LogP contribution is 2.37. The van der Waals surface area contributed by atoms with Crippen LogP contribution in [0.15, 0.2) is 36.4 Å². The number of rotatable bonds is 4. The summed E-state index contributed by atoms with van der Waals surface area (Å²) in [5.74, 6) is 1.36. The molecule has 120 valence electrons. The second-order valence-electron chi connectivity index (χ2n) is 5.39. The van der Waals surface area contributed by atoms with E-state index in [-0.39, 0.29) is 5.38 Å². The molecule has 23 heavy (non-hydrogen) atoms. The van der Waals surface area contributed by atoms with E-state index in [2.05, 4.69) is 17.4 Å². The van der Waals surface area contributed by atoms with Gasteiger partial charge in [0.05, 0.1) is 31.0 Å². The number of methoxy groups -OCH3 is 2. The third kappa shape index (κ3) is 2.63. The lowest BCUT2D eigenvalue weighted by atomic mass is 10.1. The van der Waals surface area contributed by atoms with Crippen LogP contribution in [0.3, 0.4) is 0 Å². The molecule has 1 aromatic carbocycles. The van der Waals surface area contributed by atoms with Gasteiger partial charge in [-0.15, -0.1) is 11.6 Å². The van der Waals surface area contributed by atoms with Crippen molar-refractivity contribution < 1.29 is 9.47 Å². The molecule has 1 atom stereocenters. The highest BCUT2D eigenvalue weighted by atomic mass is 35.5. The first-order chi connectivity index (χ1) is 11.1. The van der Waals surface area contributed by atoms with Gasteiger partial charge in [-0.05, 0) is 44.2 Å². The Hall–Kier alpha value is -2.20. The Balaban J connectivity index is 2.28. The van der Waals surface area contributed by atoms with Crippen molar-refractivity contribution in [1.82, 2.24) is 9.38 Å². The number of hydrogen-bond donors (Lipinski definition) is 0. The Morgan fingerprint density at radius 2 is 1.83 bits per heavy atom. The first-order valence-corrected chi connectivity index (χ1v) is 7.85. The molecule has 2 heterocycles. The lowest BCUT2D eigenvalue weighted by molar-refractivity contribution is 0.355. The molecule has 0 saturated heterocycles. The van der Waals surface area contributed by atoms with E-state index < -0.39 is 0 Å². The Bertz CT molecular complexity index is 856. The minimum atomic E-state index is -0.172. The van der Waals surface area contributed by atoms with Crippen LogP contribution in [0, 0.1) is 6.92 Å². The van der Waals surface area contributed by atoms with Crippen molar-refractivity contribution >= 4 is 17.2 Å². The van der Waals surface area contributed by atoms with Crippen molar-refractivity contribution in [3.63, 3.8) is 0 Å². The average Bonchev–Trinajstić information content (AvgIpc) is 2.95. The molecule has 0 aliphatic rings. The molecule has 2 aromatic heterocycles. The van der Waals surface area contributed by atoms with Gasteiger partial charge < -0.3 is 9.47 Å². The summed E-state index contributed by atoms with van der Waals surface area (Å²) in [6.07, 6.45) is 0. The van der Waals surface area contributed by atoms with Gasteiger partial charge in [0.25, 0.3) is 0 Å². The second-order valence-corrected chi connectivity index (χ2v) is 6.05. The van der Waals surface area contributed by atoms with Crippen LogP contribution in [-0.4, -0.2) is 23.6 Å². The topological polar surface area (TPSA) is 35.8 Å². The standard InChI is InChI=1S/C18H19ClN2O2/c1-11-6-5-7-16-20-17(18(12(2)19)21(11)16)13-8-9-14(22-3)15(10-13)23-4/h5-10,12H,1-4H3. The molecule has 0 radical (unpaired) electrons.